The van der Waals surface area contributed by atoms with Gasteiger partial charge in [-0.25, -0.2) is 4.79 Å². The summed E-state index contributed by atoms with van der Waals surface area (Å²) in [6, 6.07) is 4.96. The Morgan fingerprint density at radius 2 is 2.18 bits per heavy atom. The van der Waals surface area contributed by atoms with Crippen molar-refractivity contribution in [2.45, 2.75) is 0 Å². The van der Waals surface area contributed by atoms with E-state index in [1.165, 1.54) is 10.7 Å². The molecule has 0 aliphatic rings. The van der Waals surface area contributed by atoms with Crippen molar-refractivity contribution in [3.8, 4) is 17.1 Å². The van der Waals surface area contributed by atoms with Gasteiger partial charge in [-0.2, -0.15) is 5.10 Å². The molecule has 0 saturated heterocycles. The molecule has 1 N–H and O–H groups in total. The first-order chi connectivity index (χ1) is 8.11. The zero-order valence-corrected chi connectivity index (χ0v) is 9.41. The van der Waals surface area contributed by atoms with E-state index in [2.05, 4.69) is 10.1 Å². The van der Waals surface area contributed by atoms with Gasteiger partial charge in [-0.15, -0.1) is 0 Å². The Morgan fingerprint density at radius 3 is 2.65 bits per heavy atom. The van der Waals surface area contributed by atoms with Gasteiger partial charge < -0.3 is 9.84 Å². The molecule has 0 atom stereocenters. The smallest absolute Gasteiger partial charge is 0.354 e. The number of rotatable bonds is 3. The van der Waals surface area contributed by atoms with Gasteiger partial charge >= 0.3 is 5.97 Å². The lowest BCUT2D eigenvalue weighted by Crippen LogP contribution is -2.04. The SMILES string of the molecule is COc1ccc(-c2cc(C(=O)O)n(C)n2)nc1. The molecule has 0 fully saturated rings. The largest absolute Gasteiger partial charge is 0.495 e. The molecule has 6 nitrogen and oxygen atoms in total. The second kappa shape index (κ2) is 4.25. The number of ether oxygens (including phenoxy) is 1. The van der Waals surface area contributed by atoms with Gasteiger partial charge in [0.25, 0.3) is 0 Å². The zero-order valence-electron chi connectivity index (χ0n) is 9.41. The molecule has 0 aliphatic heterocycles. The highest BCUT2D eigenvalue weighted by atomic mass is 16.5. The van der Waals surface area contributed by atoms with Crippen LogP contribution in [0.2, 0.25) is 0 Å². The summed E-state index contributed by atoms with van der Waals surface area (Å²) in [5.74, 6) is -0.372. The lowest BCUT2D eigenvalue weighted by molar-refractivity contribution is 0.0685. The number of nitrogens with zero attached hydrogens (tertiary/aromatic N) is 3. The van der Waals surface area contributed by atoms with Crippen LogP contribution in [0.15, 0.2) is 24.4 Å². The average Bonchev–Trinajstić information content (AvgIpc) is 2.71. The third kappa shape index (κ3) is 2.10. The predicted octanol–water partition coefficient (Wildman–Crippen LogP) is 1.19. The molecule has 2 rings (SSSR count). The normalized spacial score (nSPS) is 10.2. The first-order valence-corrected chi connectivity index (χ1v) is 4.89. The fourth-order valence-electron chi connectivity index (χ4n) is 1.45. The van der Waals surface area contributed by atoms with Crippen LogP contribution in [-0.2, 0) is 7.05 Å². The average molecular weight is 233 g/mol. The van der Waals surface area contributed by atoms with Gasteiger partial charge in [0.05, 0.1) is 19.0 Å². The molecule has 0 aliphatic carbocycles. The fraction of sp³-hybridized carbons (Fsp3) is 0.182. The van der Waals surface area contributed by atoms with Gasteiger partial charge in [-0.05, 0) is 12.1 Å². The maximum atomic E-state index is 10.9. The van der Waals surface area contributed by atoms with Crippen LogP contribution in [0.3, 0.4) is 0 Å². The maximum absolute atomic E-state index is 10.9. The van der Waals surface area contributed by atoms with Crippen molar-refractivity contribution in [3.05, 3.63) is 30.1 Å². The van der Waals surface area contributed by atoms with Crippen LogP contribution in [0.1, 0.15) is 10.5 Å². The van der Waals surface area contributed by atoms with Gasteiger partial charge in [-0.3, -0.25) is 9.67 Å². The Hall–Kier alpha value is -2.37. The molecular weight excluding hydrogens is 222 g/mol. The molecule has 2 aromatic heterocycles. The van der Waals surface area contributed by atoms with Crippen LogP contribution >= 0.6 is 0 Å². The zero-order chi connectivity index (χ0) is 12.4. The molecule has 88 valence electrons. The summed E-state index contributed by atoms with van der Waals surface area (Å²) in [6.07, 6.45) is 1.56. The number of carboxylic acids is 1. The molecule has 0 bridgehead atoms. The van der Waals surface area contributed by atoms with Crippen LogP contribution in [0, 0.1) is 0 Å². The first kappa shape index (κ1) is 11.1. The van der Waals surface area contributed by atoms with Crippen molar-refractivity contribution >= 4 is 5.97 Å². The summed E-state index contributed by atoms with van der Waals surface area (Å²) in [5.41, 5.74) is 1.25. The minimum atomic E-state index is -1.01. The van der Waals surface area contributed by atoms with Crippen LogP contribution in [0.5, 0.6) is 5.75 Å². The van der Waals surface area contributed by atoms with E-state index >= 15 is 0 Å². The fourth-order valence-corrected chi connectivity index (χ4v) is 1.45. The van der Waals surface area contributed by atoms with Gasteiger partial charge in [0.15, 0.2) is 0 Å². The Morgan fingerprint density at radius 1 is 1.41 bits per heavy atom. The predicted molar refractivity (Wildman–Crippen MR) is 60.0 cm³/mol. The summed E-state index contributed by atoms with van der Waals surface area (Å²) in [5, 5.41) is 13.0. The molecule has 2 aromatic rings. The van der Waals surface area contributed by atoms with Gasteiger partial charge in [0.2, 0.25) is 0 Å². The number of hydrogen-bond donors (Lipinski definition) is 1. The van der Waals surface area contributed by atoms with E-state index in [-0.39, 0.29) is 5.69 Å². The first-order valence-electron chi connectivity index (χ1n) is 4.89. The third-order valence-corrected chi connectivity index (χ3v) is 2.33. The highest BCUT2D eigenvalue weighted by molar-refractivity contribution is 5.87. The highest BCUT2D eigenvalue weighted by Gasteiger charge is 2.13. The molecule has 0 amide bonds. The quantitative estimate of drug-likeness (QED) is 0.861. The molecule has 0 saturated carbocycles. The van der Waals surface area contributed by atoms with Crippen LogP contribution in [0.4, 0.5) is 0 Å². The van der Waals surface area contributed by atoms with E-state index in [0.29, 0.717) is 17.1 Å². The number of carboxylic acid groups (broad SMARTS) is 1. The van der Waals surface area contributed by atoms with E-state index < -0.39 is 5.97 Å². The molecule has 17 heavy (non-hydrogen) atoms. The van der Waals surface area contributed by atoms with Crippen molar-refractivity contribution in [1.29, 1.82) is 0 Å². The molecule has 6 heteroatoms. The summed E-state index contributed by atoms with van der Waals surface area (Å²) in [4.78, 5) is 15.0. The van der Waals surface area contributed by atoms with Crippen LogP contribution < -0.4 is 4.74 Å². The summed E-state index contributed by atoms with van der Waals surface area (Å²) in [6.45, 7) is 0. The van der Waals surface area contributed by atoms with Crippen LogP contribution in [-0.4, -0.2) is 33.0 Å². The summed E-state index contributed by atoms with van der Waals surface area (Å²) in [7, 11) is 3.14. The Bertz CT molecular complexity index is 546. The van der Waals surface area contributed by atoms with Crippen molar-refractivity contribution < 1.29 is 14.6 Å². The van der Waals surface area contributed by atoms with Crippen LogP contribution in [0.25, 0.3) is 11.4 Å². The Labute approximate surface area is 97.5 Å². The standard InChI is InChI=1S/C11H11N3O3/c1-14-10(11(15)16)5-9(13-14)8-4-3-7(17-2)6-12-8/h3-6H,1-2H3,(H,15,16). The van der Waals surface area contributed by atoms with E-state index in [4.69, 9.17) is 9.84 Å². The topological polar surface area (TPSA) is 77.2 Å². The number of methoxy groups -OCH3 is 1. The summed E-state index contributed by atoms with van der Waals surface area (Å²) < 4.78 is 6.30. The van der Waals surface area contributed by atoms with E-state index in [0.717, 1.165) is 0 Å². The highest BCUT2D eigenvalue weighted by Crippen LogP contribution is 2.18. The minimum Gasteiger partial charge on any atom is -0.495 e. The Kier molecular flexibility index (Phi) is 2.78. The van der Waals surface area contributed by atoms with Gasteiger partial charge in [-0.1, -0.05) is 0 Å². The molecular formula is C11H11N3O3. The molecule has 2 heterocycles. The van der Waals surface area contributed by atoms with E-state index in [9.17, 15) is 4.79 Å². The molecule has 0 unspecified atom stereocenters. The molecule has 0 radical (unpaired) electrons. The number of carbonyl (C=O) groups is 1. The number of aromatic carboxylic acids is 1. The van der Waals surface area contributed by atoms with Gasteiger partial charge in [0.1, 0.15) is 17.1 Å². The lowest BCUT2D eigenvalue weighted by Gasteiger charge is -1.99. The third-order valence-electron chi connectivity index (χ3n) is 2.33. The summed E-state index contributed by atoms with van der Waals surface area (Å²) >= 11 is 0. The van der Waals surface area contributed by atoms with Crippen molar-refractivity contribution in [2.75, 3.05) is 7.11 Å². The molecule has 0 aromatic carbocycles. The second-order valence-electron chi connectivity index (χ2n) is 3.43. The monoisotopic (exact) mass is 233 g/mol. The maximum Gasteiger partial charge on any atom is 0.354 e. The van der Waals surface area contributed by atoms with Crippen molar-refractivity contribution in [2.24, 2.45) is 7.05 Å². The second-order valence-corrected chi connectivity index (χ2v) is 3.43. The van der Waals surface area contributed by atoms with E-state index in [1.54, 1.807) is 32.5 Å². The number of hydrogen-bond acceptors (Lipinski definition) is 4. The van der Waals surface area contributed by atoms with Crippen molar-refractivity contribution in [3.63, 3.8) is 0 Å². The van der Waals surface area contributed by atoms with Gasteiger partial charge in [0, 0.05) is 13.1 Å². The minimum absolute atomic E-state index is 0.123. The van der Waals surface area contributed by atoms with Crippen molar-refractivity contribution in [1.82, 2.24) is 14.8 Å². The number of pyridine rings is 1. The lowest BCUT2D eigenvalue weighted by atomic mass is 10.2. The number of aromatic nitrogens is 3. The molecule has 0 spiro atoms. The Balaban J connectivity index is 2.39. The number of aryl methyl sites for hydroxylation is 1. The van der Waals surface area contributed by atoms with E-state index in [1.807, 2.05) is 0 Å².